The molecule has 1 aromatic heterocycles. The largest absolute Gasteiger partial charge is 0.481 e. The number of aromatic nitrogens is 2. The highest BCUT2D eigenvalue weighted by atomic mass is 16.5. The highest BCUT2D eigenvalue weighted by molar-refractivity contribution is 5.81. The van der Waals surface area contributed by atoms with Crippen LogP contribution in [0.4, 0.5) is 0 Å². The van der Waals surface area contributed by atoms with Crippen LogP contribution in [-0.2, 0) is 38.1 Å². The fourth-order valence-corrected chi connectivity index (χ4v) is 13.3. The molecular weight excluding hydrogens is 642 g/mol. The normalized spacial score (nSPS) is 37.3. The Hall–Kier alpha value is -2.84. The number of carbonyl (C=O) groups excluding carboxylic acids is 2. The lowest BCUT2D eigenvalue weighted by molar-refractivity contribution is -0.232. The lowest BCUT2D eigenvalue weighted by Gasteiger charge is -2.72. The monoisotopic (exact) mass is 707 g/mol. The summed E-state index contributed by atoms with van der Waals surface area (Å²) in [7, 11) is 3.58. The molecule has 6 rings (SSSR count). The summed E-state index contributed by atoms with van der Waals surface area (Å²) < 4.78 is 9.78. The van der Waals surface area contributed by atoms with Gasteiger partial charge in [0.25, 0.3) is 5.56 Å². The van der Waals surface area contributed by atoms with E-state index in [1.165, 1.54) is 6.42 Å². The third-order valence-electron chi connectivity index (χ3n) is 16.3. The zero-order valence-electron chi connectivity index (χ0n) is 33.3. The molecule has 0 aromatic carbocycles. The Morgan fingerprint density at radius 1 is 0.961 bits per heavy atom. The summed E-state index contributed by atoms with van der Waals surface area (Å²) in [6, 6.07) is 1.84. The summed E-state index contributed by atoms with van der Waals surface area (Å²) in [5.74, 6) is 0.258. The van der Waals surface area contributed by atoms with Crippen LogP contribution in [0.15, 0.2) is 22.0 Å². The quantitative estimate of drug-likeness (QED) is 0.215. The van der Waals surface area contributed by atoms with E-state index in [-0.39, 0.29) is 57.6 Å². The Bertz CT molecular complexity index is 1700. The third-order valence-corrected chi connectivity index (χ3v) is 16.3. The summed E-state index contributed by atoms with van der Waals surface area (Å²) in [5, 5.41) is 12.3. The van der Waals surface area contributed by atoms with Crippen LogP contribution in [0.2, 0.25) is 0 Å². The van der Waals surface area contributed by atoms with Gasteiger partial charge in [-0.25, -0.2) is 4.68 Å². The van der Waals surface area contributed by atoms with Crippen molar-refractivity contribution in [2.24, 2.45) is 57.8 Å². The van der Waals surface area contributed by atoms with Gasteiger partial charge in [-0.1, -0.05) is 59.6 Å². The number of aliphatic carboxylic acids is 1. The van der Waals surface area contributed by atoms with Crippen LogP contribution in [0.5, 0.6) is 0 Å². The van der Waals surface area contributed by atoms with Gasteiger partial charge in [0.1, 0.15) is 12.6 Å². The standard InChI is InChI=1S/C42H65N3O6/c1-25(2)26-14-19-42(30-22-33(47)45(44(30)11)24-32(46)43-10)21-20-40(8)27(35(26)42)12-13-29-39(7)17-16-31(51-34(48)23-37(3,4)36(49)50)38(5,6)28(39)15-18-41(29,40)9/h22,25,27-29,31H,12-21,23-24H2,1-11H3,(H,43,46)(H,49,50)/t27-,28+,29-,31+,39+,40-,41-,42-/m1/s1. The molecular formula is C42H65N3O6. The minimum absolute atomic E-state index is 0.0232. The molecule has 8 atom stereocenters. The Morgan fingerprint density at radius 3 is 2.27 bits per heavy atom. The van der Waals surface area contributed by atoms with Gasteiger partial charge in [-0.3, -0.25) is 23.9 Å². The van der Waals surface area contributed by atoms with Crippen LogP contribution < -0.4 is 10.9 Å². The first-order valence-electron chi connectivity index (χ1n) is 19.7. The minimum Gasteiger partial charge on any atom is -0.481 e. The van der Waals surface area contributed by atoms with E-state index >= 15 is 0 Å². The van der Waals surface area contributed by atoms with Crippen LogP contribution in [0.1, 0.15) is 139 Å². The number of rotatable bonds is 8. The van der Waals surface area contributed by atoms with Gasteiger partial charge in [-0.2, -0.15) is 0 Å². The molecule has 5 aliphatic rings. The van der Waals surface area contributed by atoms with E-state index in [0.717, 1.165) is 63.5 Å². The maximum atomic E-state index is 13.4. The van der Waals surface area contributed by atoms with Gasteiger partial charge in [0.2, 0.25) is 5.91 Å². The molecule has 1 heterocycles. The van der Waals surface area contributed by atoms with E-state index in [1.807, 2.05) is 17.8 Å². The van der Waals surface area contributed by atoms with E-state index in [9.17, 15) is 24.3 Å². The molecule has 4 fully saturated rings. The first-order chi connectivity index (χ1) is 23.6. The number of amides is 1. The molecule has 2 N–H and O–H groups in total. The van der Waals surface area contributed by atoms with Gasteiger partial charge in [-0.15, -0.1) is 0 Å². The van der Waals surface area contributed by atoms with Crippen LogP contribution in [0.25, 0.3) is 0 Å². The van der Waals surface area contributed by atoms with Crippen LogP contribution in [0.3, 0.4) is 0 Å². The van der Waals surface area contributed by atoms with E-state index in [2.05, 4.69) is 53.8 Å². The number of fused-ring (bicyclic) bond motifs is 7. The number of ether oxygens (including phenoxy) is 1. The summed E-state index contributed by atoms with van der Waals surface area (Å²) in [6.07, 6.45) is 10.2. The van der Waals surface area contributed by atoms with E-state index < -0.39 is 17.4 Å². The van der Waals surface area contributed by atoms with Crippen molar-refractivity contribution < 1.29 is 24.2 Å². The fraction of sp³-hybridized carbons (Fsp3) is 0.810. The van der Waals surface area contributed by atoms with Crippen molar-refractivity contribution in [3.05, 3.63) is 33.3 Å². The molecule has 0 unspecified atom stereocenters. The van der Waals surface area contributed by atoms with Gasteiger partial charge in [-0.05, 0) is 118 Å². The van der Waals surface area contributed by atoms with Crippen LogP contribution in [0, 0.1) is 50.7 Å². The van der Waals surface area contributed by atoms with Gasteiger partial charge in [0.15, 0.2) is 0 Å². The SMILES string of the molecule is CNC(=O)Cn1c(=O)cc([C@]23CCC(C(C)C)=C2[C@H]2CC[C@@H]4[C@@]5(C)CC[C@H](OC(=O)CC(C)(C)C(=O)O)C(C)(C)[C@@H]5CC[C@@]4(C)[C@]2(C)CC3)n1C. The average Bonchev–Trinajstić information content (AvgIpc) is 3.56. The van der Waals surface area contributed by atoms with Crippen molar-refractivity contribution >= 4 is 17.8 Å². The Balaban J connectivity index is 1.33. The Labute approximate surface area is 305 Å². The van der Waals surface area contributed by atoms with Crippen molar-refractivity contribution in [2.45, 2.75) is 151 Å². The summed E-state index contributed by atoms with van der Waals surface area (Å²) >= 11 is 0. The molecule has 0 spiro atoms. The number of likely N-dealkylation sites (N-methyl/N-ethyl adjacent to an activating group) is 1. The summed E-state index contributed by atoms with van der Waals surface area (Å²) in [6.45, 7) is 20.2. The molecule has 5 aliphatic carbocycles. The molecule has 51 heavy (non-hydrogen) atoms. The number of esters is 1. The van der Waals surface area contributed by atoms with Crippen LogP contribution >= 0.6 is 0 Å². The van der Waals surface area contributed by atoms with Gasteiger partial charge in [0, 0.05) is 31.0 Å². The maximum Gasteiger partial charge on any atom is 0.309 e. The average molecular weight is 708 g/mol. The number of carbonyl (C=O) groups is 3. The second-order valence-corrected chi connectivity index (χ2v) is 19.6. The molecule has 0 bridgehead atoms. The second kappa shape index (κ2) is 12.4. The molecule has 1 aromatic rings. The highest BCUT2D eigenvalue weighted by Crippen LogP contribution is 2.77. The van der Waals surface area contributed by atoms with Crippen molar-refractivity contribution in [3.63, 3.8) is 0 Å². The predicted octanol–water partition coefficient (Wildman–Crippen LogP) is 7.40. The van der Waals surface area contributed by atoms with Crippen molar-refractivity contribution in [2.75, 3.05) is 7.05 Å². The topological polar surface area (TPSA) is 120 Å². The predicted molar refractivity (Wildman–Crippen MR) is 198 cm³/mol. The molecule has 4 saturated carbocycles. The molecule has 0 radical (unpaired) electrons. The Kier molecular flexibility index (Phi) is 9.19. The number of nitrogens with one attached hydrogen (secondary N) is 1. The van der Waals surface area contributed by atoms with Gasteiger partial charge >= 0.3 is 11.9 Å². The third kappa shape index (κ3) is 5.42. The number of allylic oxidation sites excluding steroid dienone is 2. The van der Waals surface area contributed by atoms with Gasteiger partial charge in [0.05, 0.1) is 17.5 Å². The van der Waals surface area contributed by atoms with E-state index in [4.69, 9.17) is 4.74 Å². The van der Waals surface area contributed by atoms with Crippen molar-refractivity contribution in [1.82, 2.24) is 14.7 Å². The first kappa shape index (κ1) is 37.9. The van der Waals surface area contributed by atoms with E-state index in [1.54, 1.807) is 36.7 Å². The molecule has 0 aliphatic heterocycles. The maximum absolute atomic E-state index is 13.4. The first-order valence-corrected chi connectivity index (χ1v) is 19.7. The number of nitrogens with zero attached hydrogens (tertiary/aromatic N) is 2. The summed E-state index contributed by atoms with van der Waals surface area (Å²) in [4.78, 5) is 50.7. The lowest BCUT2D eigenvalue weighted by atomic mass is 9.33. The molecule has 1 amide bonds. The Morgan fingerprint density at radius 2 is 1.65 bits per heavy atom. The van der Waals surface area contributed by atoms with Crippen molar-refractivity contribution in [3.8, 4) is 0 Å². The zero-order chi connectivity index (χ0) is 37.7. The number of hydrogen-bond acceptors (Lipinski definition) is 5. The van der Waals surface area contributed by atoms with Crippen LogP contribution in [-0.4, -0.2) is 45.5 Å². The van der Waals surface area contributed by atoms with E-state index in [0.29, 0.717) is 23.7 Å². The molecule has 284 valence electrons. The zero-order valence-corrected chi connectivity index (χ0v) is 33.3. The molecule has 0 saturated heterocycles. The number of carboxylic acids is 1. The molecule has 9 nitrogen and oxygen atoms in total. The lowest BCUT2D eigenvalue weighted by Crippen LogP contribution is -2.66. The summed E-state index contributed by atoms with van der Waals surface area (Å²) in [5.41, 5.74) is 2.96. The van der Waals surface area contributed by atoms with Crippen molar-refractivity contribution in [1.29, 1.82) is 0 Å². The highest BCUT2D eigenvalue weighted by Gasteiger charge is 2.70. The number of carboxylic acid groups (broad SMARTS) is 1. The second-order valence-electron chi connectivity index (χ2n) is 19.6. The fourth-order valence-electron chi connectivity index (χ4n) is 13.3. The smallest absolute Gasteiger partial charge is 0.309 e. The minimum atomic E-state index is -1.16. The number of hydrogen-bond donors (Lipinski definition) is 2. The molecule has 9 heteroatoms. The van der Waals surface area contributed by atoms with Gasteiger partial charge < -0.3 is 15.2 Å².